The molecule has 2 aromatic rings. The van der Waals surface area contributed by atoms with E-state index in [4.69, 9.17) is 11.6 Å². The van der Waals surface area contributed by atoms with Crippen LogP contribution in [0.1, 0.15) is 37.8 Å². The lowest BCUT2D eigenvalue weighted by Crippen LogP contribution is -2.49. The summed E-state index contributed by atoms with van der Waals surface area (Å²) in [5.74, 6) is -0.154. The smallest absolute Gasteiger partial charge is 0.242 e. The highest BCUT2D eigenvalue weighted by Crippen LogP contribution is 2.19. The van der Waals surface area contributed by atoms with Gasteiger partial charge in [-0.15, -0.1) is 0 Å². The molecule has 0 spiro atoms. The van der Waals surface area contributed by atoms with Crippen molar-refractivity contribution < 1.29 is 9.59 Å². The third-order valence-electron chi connectivity index (χ3n) is 4.50. The van der Waals surface area contributed by atoms with Crippen molar-refractivity contribution in [2.45, 2.75) is 45.7 Å². The molecule has 0 aliphatic rings. The minimum Gasteiger partial charge on any atom is -0.355 e. The van der Waals surface area contributed by atoms with Gasteiger partial charge >= 0.3 is 0 Å². The second kappa shape index (κ2) is 10.7. The maximum atomic E-state index is 13.0. The molecule has 0 bridgehead atoms. The fourth-order valence-corrected chi connectivity index (χ4v) is 3.31. The minimum atomic E-state index is -0.482. The van der Waals surface area contributed by atoms with Crippen molar-refractivity contribution in [2.24, 2.45) is 0 Å². The van der Waals surface area contributed by atoms with Crippen LogP contribution in [0.2, 0.25) is 5.02 Å². The second-order valence-corrected chi connectivity index (χ2v) is 6.82. The van der Waals surface area contributed by atoms with Gasteiger partial charge in [-0.2, -0.15) is 0 Å². The van der Waals surface area contributed by atoms with Crippen LogP contribution in [0, 0.1) is 0 Å². The number of benzene rings is 2. The molecule has 0 fully saturated rings. The number of carbonyl (C=O) groups is 2. The van der Waals surface area contributed by atoms with Crippen molar-refractivity contribution in [1.82, 2.24) is 10.2 Å². The molecule has 2 amide bonds. The van der Waals surface area contributed by atoms with E-state index < -0.39 is 6.04 Å². The Morgan fingerprint density at radius 2 is 1.70 bits per heavy atom. The largest absolute Gasteiger partial charge is 0.355 e. The van der Waals surface area contributed by atoms with Crippen LogP contribution in [0.4, 0.5) is 0 Å². The third kappa shape index (κ3) is 6.10. The van der Waals surface area contributed by atoms with E-state index in [2.05, 4.69) is 5.32 Å². The molecule has 1 N–H and O–H groups in total. The highest BCUT2D eigenvalue weighted by atomic mass is 35.5. The number of likely N-dealkylation sites (N-methyl/N-ethyl adjacent to an activating group) is 1. The van der Waals surface area contributed by atoms with Gasteiger partial charge in [-0.25, -0.2) is 0 Å². The summed E-state index contributed by atoms with van der Waals surface area (Å²) in [6.07, 6.45) is 1.43. The van der Waals surface area contributed by atoms with E-state index in [0.29, 0.717) is 37.4 Å². The molecule has 5 heteroatoms. The fourth-order valence-electron chi connectivity index (χ4n) is 3.08. The average molecular weight is 387 g/mol. The molecule has 0 aromatic heterocycles. The first-order valence-corrected chi connectivity index (χ1v) is 9.79. The SMILES string of the molecule is CCNC(=O)[C@H](CC)N(Cc1ccccc1)C(=O)CCc1ccccc1Cl. The number of aryl methyl sites for hydroxylation is 1. The predicted octanol–water partition coefficient (Wildman–Crippen LogP) is 4.22. The summed E-state index contributed by atoms with van der Waals surface area (Å²) in [6, 6.07) is 16.8. The van der Waals surface area contributed by atoms with Crippen molar-refractivity contribution in [3.8, 4) is 0 Å². The number of carbonyl (C=O) groups excluding carboxylic acids is 2. The Balaban J connectivity index is 2.17. The van der Waals surface area contributed by atoms with Gasteiger partial charge in [0.25, 0.3) is 0 Å². The number of nitrogens with one attached hydrogen (secondary N) is 1. The van der Waals surface area contributed by atoms with Crippen molar-refractivity contribution in [3.63, 3.8) is 0 Å². The Hall–Kier alpha value is -2.33. The fraction of sp³-hybridized carbons (Fsp3) is 0.364. The Morgan fingerprint density at radius 3 is 2.33 bits per heavy atom. The zero-order valence-corrected chi connectivity index (χ0v) is 16.7. The topological polar surface area (TPSA) is 49.4 Å². The normalized spacial score (nSPS) is 11.7. The lowest BCUT2D eigenvalue weighted by atomic mass is 10.1. The number of rotatable bonds is 9. The molecule has 0 unspecified atom stereocenters. The van der Waals surface area contributed by atoms with Crippen LogP contribution in [-0.4, -0.2) is 29.3 Å². The quantitative estimate of drug-likeness (QED) is 0.701. The van der Waals surface area contributed by atoms with Gasteiger partial charge in [0.1, 0.15) is 6.04 Å². The van der Waals surface area contributed by atoms with Gasteiger partial charge in [0.15, 0.2) is 0 Å². The number of nitrogens with zero attached hydrogens (tertiary/aromatic N) is 1. The molecule has 2 aromatic carbocycles. The van der Waals surface area contributed by atoms with E-state index in [0.717, 1.165) is 11.1 Å². The molecule has 0 heterocycles. The molecule has 2 rings (SSSR count). The van der Waals surface area contributed by atoms with Crippen LogP contribution >= 0.6 is 11.6 Å². The van der Waals surface area contributed by atoms with Gasteiger partial charge in [0.2, 0.25) is 11.8 Å². The van der Waals surface area contributed by atoms with Gasteiger partial charge in [-0.05, 0) is 37.0 Å². The lowest BCUT2D eigenvalue weighted by molar-refractivity contribution is -0.141. The van der Waals surface area contributed by atoms with Gasteiger partial charge in [0.05, 0.1) is 0 Å². The molecule has 0 radical (unpaired) electrons. The summed E-state index contributed by atoms with van der Waals surface area (Å²) in [7, 11) is 0. The molecule has 4 nitrogen and oxygen atoms in total. The van der Waals surface area contributed by atoms with Gasteiger partial charge in [0, 0.05) is 24.5 Å². The van der Waals surface area contributed by atoms with Crippen molar-refractivity contribution in [3.05, 3.63) is 70.7 Å². The summed E-state index contributed by atoms with van der Waals surface area (Å²) < 4.78 is 0. The molecule has 1 atom stereocenters. The van der Waals surface area contributed by atoms with Crippen LogP contribution < -0.4 is 5.32 Å². The van der Waals surface area contributed by atoms with Crippen LogP contribution in [-0.2, 0) is 22.6 Å². The van der Waals surface area contributed by atoms with Gasteiger partial charge < -0.3 is 10.2 Å². The van der Waals surface area contributed by atoms with E-state index in [9.17, 15) is 9.59 Å². The van der Waals surface area contributed by atoms with E-state index in [1.807, 2.05) is 68.4 Å². The first kappa shape index (κ1) is 21.0. The Bertz CT molecular complexity index is 749. The van der Waals surface area contributed by atoms with Crippen LogP contribution in [0.25, 0.3) is 0 Å². The first-order chi connectivity index (χ1) is 13.1. The minimum absolute atomic E-state index is 0.0446. The maximum absolute atomic E-state index is 13.0. The molecule has 0 aliphatic carbocycles. The maximum Gasteiger partial charge on any atom is 0.242 e. The monoisotopic (exact) mass is 386 g/mol. The Kier molecular flexibility index (Phi) is 8.34. The molecular weight excluding hydrogens is 360 g/mol. The van der Waals surface area contributed by atoms with Crippen molar-refractivity contribution in [1.29, 1.82) is 0 Å². The number of amides is 2. The summed E-state index contributed by atoms with van der Waals surface area (Å²) in [5.41, 5.74) is 1.95. The molecule has 0 saturated heterocycles. The Labute approximate surface area is 166 Å². The lowest BCUT2D eigenvalue weighted by Gasteiger charge is -2.30. The number of hydrogen-bond donors (Lipinski definition) is 1. The number of halogens is 1. The highest BCUT2D eigenvalue weighted by Gasteiger charge is 2.28. The summed E-state index contributed by atoms with van der Waals surface area (Å²) in [6.45, 7) is 4.77. The number of hydrogen-bond acceptors (Lipinski definition) is 2. The summed E-state index contributed by atoms with van der Waals surface area (Å²) in [4.78, 5) is 27.2. The van der Waals surface area contributed by atoms with Gasteiger partial charge in [-0.1, -0.05) is 67.1 Å². The summed E-state index contributed by atoms with van der Waals surface area (Å²) >= 11 is 6.21. The van der Waals surface area contributed by atoms with Crippen LogP contribution in [0.15, 0.2) is 54.6 Å². The summed E-state index contributed by atoms with van der Waals surface area (Å²) in [5, 5.41) is 3.51. The van der Waals surface area contributed by atoms with E-state index >= 15 is 0 Å². The Morgan fingerprint density at radius 1 is 1.04 bits per heavy atom. The predicted molar refractivity (Wildman–Crippen MR) is 110 cm³/mol. The van der Waals surface area contributed by atoms with E-state index in [-0.39, 0.29) is 11.8 Å². The highest BCUT2D eigenvalue weighted by molar-refractivity contribution is 6.31. The van der Waals surface area contributed by atoms with Gasteiger partial charge in [-0.3, -0.25) is 9.59 Å². The zero-order chi connectivity index (χ0) is 19.6. The van der Waals surface area contributed by atoms with Crippen LogP contribution in [0.3, 0.4) is 0 Å². The first-order valence-electron chi connectivity index (χ1n) is 9.41. The molecule has 0 saturated carbocycles. The molecule has 0 aliphatic heterocycles. The van der Waals surface area contributed by atoms with Crippen LogP contribution in [0.5, 0.6) is 0 Å². The standard InChI is InChI=1S/C22H27ClN2O2/c1-3-20(22(27)24-4-2)25(16-17-10-6-5-7-11-17)21(26)15-14-18-12-8-9-13-19(18)23/h5-13,20H,3-4,14-16H2,1-2H3,(H,24,27)/t20-/m0/s1. The molecule has 144 valence electrons. The van der Waals surface area contributed by atoms with E-state index in [1.165, 1.54) is 0 Å². The van der Waals surface area contributed by atoms with E-state index in [1.54, 1.807) is 4.90 Å². The average Bonchev–Trinajstić information content (AvgIpc) is 2.68. The van der Waals surface area contributed by atoms with Crippen molar-refractivity contribution >= 4 is 23.4 Å². The molecule has 27 heavy (non-hydrogen) atoms. The second-order valence-electron chi connectivity index (χ2n) is 6.42. The zero-order valence-electron chi connectivity index (χ0n) is 16.0. The van der Waals surface area contributed by atoms with Crippen molar-refractivity contribution in [2.75, 3.05) is 6.54 Å². The molecular formula is C22H27ClN2O2. The third-order valence-corrected chi connectivity index (χ3v) is 4.87.